The number of ether oxygens (including phenoxy) is 1. The van der Waals surface area contributed by atoms with E-state index in [4.69, 9.17) is 4.74 Å². The van der Waals surface area contributed by atoms with E-state index in [-0.39, 0.29) is 29.1 Å². The molecule has 31 heavy (non-hydrogen) atoms. The third-order valence-corrected chi connectivity index (χ3v) is 5.85. The summed E-state index contributed by atoms with van der Waals surface area (Å²) in [6, 6.07) is 17.8. The molecule has 166 valence electrons. The van der Waals surface area contributed by atoms with Crippen LogP contribution >= 0.6 is 0 Å². The summed E-state index contributed by atoms with van der Waals surface area (Å²) in [6.07, 6.45) is 0.465. The molecule has 2 aromatic carbocycles. The Balaban J connectivity index is 1.86. The van der Waals surface area contributed by atoms with Crippen LogP contribution in [0.5, 0.6) is 5.75 Å². The lowest BCUT2D eigenvalue weighted by molar-refractivity contribution is -0.135. The lowest BCUT2D eigenvalue weighted by Gasteiger charge is -2.25. The van der Waals surface area contributed by atoms with E-state index in [2.05, 4.69) is 20.8 Å². The van der Waals surface area contributed by atoms with E-state index in [0.29, 0.717) is 26.1 Å². The Morgan fingerprint density at radius 3 is 2.32 bits per heavy atom. The van der Waals surface area contributed by atoms with E-state index in [1.807, 2.05) is 66.5 Å². The van der Waals surface area contributed by atoms with Gasteiger partial charge in [0.1, 0.15) is 5.75 Å². The zero-order chi connectivity index (χ0) is 22.6. The number of methoxy groups -OCH3 is 1. The summed E-state index contributed by atoms with van der Waals surface area (Å²) in [5.74, 6) is 0.542. The molecule has 0 N–H and O–H groups in total. The summed E-state index contributed by atoms with van der Waals surface area (Å²) in [5, 5.41) is 0. The number of hydrogen-bond acceptors (Lipinski definition) is 3. The molecule has 1 aliphatic heterocycles. The highest BCUT2D eigenvalue weighted by Crippen LogP contribution is 2.39. The van der Waals surface area contributed by atoms with E-state index in [9.17, 15) is 9.59 Å². The Morgan fingerprint density at radius 1 is 1.03 bits per heavy atom. The third-order valence-electron chi connectivity index (χ3n) is 5.85. The van der Waals surface area contributed by atoms with Crippen LogP contribution in [0.3, 0.4) is 0 Å². The van der Waals surface area contributed by atoms with Gasteiger partial charge in [-0.05, 0) is 22.6 Å². The second-order valence-corrected chi connectivity index (χ2v) is 9.67. The van der Waals surface area contributed by atoms with Gasteiger partial charge in [-0.3, -0.25) is 9.59 Å². The predicted molar refractivity (Wildman–Crippen MR) is 123 cm³/mol. The van der Waals surface area contributed by atoms with Gasteiger partial charge >= 0.3 is 0 Å². The predicted octanol–water partition coefficient (Wildman–Crippen LogP) is 4.33. The molecular formula is C26H34N2O3. The van der Waals surface area contributed by atoms with Crippen molar-refractivity contribution in [1.29, 1.82) is 0 Å². The van der Waals surface area contributed by atoms with Gasteiger partial charge in [-0.2, -0.15) is 0 Å². The van der Waals surface area contributed by atoms with Crippen LogP contribution in [0.15, 0.2) is 54.6 Å². The van der Waals surface area contributed by atoms with Gasteiger partial charge < -0.3 is 14.5 Å². The van der Waals surface area contributed by atoms with Crippen molar-refractivity contribution in [2.45, 2.75) is 39.7 Å². The fraction of sp³-hybridized carbons (Fsp3) is 0.462. The largest absolute Gasteiger partial charge is 0.496 e. The van der Waals surface area contributed by atoms with Gasteiger partial charge in [-0.15, -0.1) is 0 Å². The molecule has 1 fully saturated rings. The molecule has 2 amide bonds. The topological polar surface area (TPSA) is 49.9 Å². The Labute approximate surface area is 186 Å². The maximum absolute atomic E-state index is 13.5. The molecule has 0 bridgehead atoms. The van der Waals surface area contributed by atoms with Crippen LogP contribution in [0.2, 0.25) is 0 Å². The van der Waals surface area contributed by atoms with E-state index >= 15 is 0 Å². The van der Waals surface area contributed by atoms with E-state index < -0.39 is 0 Å². The third kappa shape index (κ3) is 5.66. The van der Waals surface area contributed by atoms with E-state index in [1.165, 1.54) is 0 Å². The van der Waals surface area contributed by atoms with Crippen LogP contribution in [0.1, 0.15) is 44.2 Å². The highest BCUT2D eigenvalue weighted by molar-refractivity contribution is 5.83. The molecule has 0 radical (unpaired) electrons. The van der Waals surface area contributed by atoms with E-state index in [0.717, 1.165) is 16.9 Å². The summed E-state index contributed by atoms with van der Waals surface area (Å²) in [5.41, 5.74) is 1.98. The van der Waals surface area contributed by atoms with Crippen LogP contribution in [0.25, 0.3) is 0 Å². The maximum Gasteiger partial charge on any atom is 0.228 e. The van der Waals surface area contributed by atoms with Gasteiger partial charge in [0.15, 0.2) is 0 Å². The highest BCUT2D eigenvalue weighted by Gasteiger charge is 2.42. The van der Waals surface area contributed by atoms with Crippen LogP contribution in [-0.2, 0) is 16.1 Å². The summed E-state index contributed by atoms with van der Waals surface area (Å²) in [6.45, 7) is 7.71. The molecule has 0 saturated carbocycles. The molecule has 1 heterocycles. The molecule has 3 rings (SSSR count). The highest BCUT2D eigenvalue weighted by atomic mass is 16.5. The van der Waals surface area contributed by atoms with Gasteiger partial charge in [-0.1, -0.05) is 69.3 Å². The minimum absolute atomic E-state index is 0.0609. The van der Waals surface area contributed by atoms with Crippen LogP contribution in [0, 0.1) is 11.3 Å². The van der Waals surface area contributed by atoms with Crippen molar-refractivity contribution >= 4 is 11.8 Å². The number of amides is 2. The van der Waals surface area contributed by atoms with Gasteiger partial charge in [-0.25, -0.2) is 0 Å². The number of carbonyl (C=O) groups excluding carboxylic acids is 2. The quantitative estimate of drug-likeness (QED) is 0.696. The molecule has 1 aliphatic rings. The van der Waals surface area contributed by atoms with Crippen molar-refractivity contribution in [2.75, 3.05) is 27.2 Å². The molecule has 1 saturated heterocycles. The number of benzene rings is 2. The van der Waals surface area contributed by atoms with Gasteiger partial charge in [0.25, 0.3) is 0 Å². The normalized spacial score (nSPS) is 18.7. The molecular weight excluding hydrogens is 388 g/mol. The number of para-hydroxylation sites is 1. The monoisotopic (exact) mass is 422 g/mol. The summed E-state index contributed by atoms with van der Waals surface area (Å²) >= 11 is 0. The SMILES string of the molecule is COc1ccccc1C1CN(C(=O)CC(C)(C)C)CC1C(=O)N(C)Cc1ccccc1. The van der Waals surface area contributed by atoms with Crippen molar-refractivity contribution in [3.05, 3.63) is 65.7 Å². The lowest BCUT2D eigenvalue weighted by atomic mass is 9.87. The minimum Gasteiger partial charge on any atom is -0.496 e. The number of nitrogens with zero attached hydrogens (tertiary/aromatic N) is 2. The summed E-state index contributed by atoms with van der Waals surface area (Å²) < 4.78 is 5.59. The first-order valence-corrected chi connectivity index (χ1v) is 10.9. The van der Waals surface area contributed by atoms with E-state index in [1.54, 1.807) is 12.0 Å². The molecule has 0 aromatic heterocycles. The zero-order valence-electron chi connectivity index (χ0n) is 19.3. The number of hydrogen-bond donors (Lipinski definition) is 0. The fourth-order valence-corrected chi connectivity index (χ4v) is 4.33. The Bertz CT molecular complexity index is 904. The Kier molecular flexibility index (Phi) is 7.04. The number of carbonyl (C=O) groups is 2. The van der Waals surface area contributed by atoms with Crippen molar-refractivity contribution in [3.63, 3.8) is 0 Å². The van der Waals surface area contributed by atoms with Gasteiger partial charge in [0.2, 0.25) is 11.8 Å². The second kappa shape index (κ2) is 9.54. The first-order chi connectivity index (χ1) is 14.7. The molecule has 0 spiro atoms. The number of rotatable bonds is 6. The fourth-order valence-electron chi connectivity index (χ4n) is 4.33. The standard InChI is InChI=1S/C26H34N2O3/c1-26(2,3)15-24(29)28-17-21(20-13-9-10-14-23(20)31-5)22(18-28)25(30)27(4)16-19-11-7-6-8-12-19/h6-14,21-22H,15-18H2,1-5H3. The molecule has 5 nitrogen and oxygen atoms in total. The first-order valence-electron chi connectivity index (χ1n) is 10.9. The van der Waals surface area contributed by atoms with Gasteiger partial charge in [0.05, 0.1) is 13.0 Å². The lowest BCUT2D eigenvalue weighted by Crippen LogP contribution is -2.37. The average molecular weight is 423 g/mol. The summed E-state index contributed by atoms with van der Waals surface area (Å²) in [7, 11) is 3.49. The van der Waals surface area contributed by atoms with Crippen molar-refractivity contribution in [1.82, 2.24) is 9.80 Å². The molecule has 2 aromatic rings. The number of likely N-dealkylation sites (tertiary alicyclic amines) is 1. The molecule has 2 unspecified atom stereocenters. The van der Waals surface area contributed by atoms with Crippen molar-refractivity contribution < 1.29 is 14.3 Å². The van der Waals surface area contributed by atoms with Gasteiger partial charge in [0, 0.05) is 39.0 Å². The second-order valence-electron chi connectivity index (χ2n) is 9.67. The summed E-state index contributed by atoms with van der Waals surface area (Å²) in [4.78, 5) is 30.2. The minimum atomic E-state index is -0.297. The first kappa shape index (κ1) is 22.9. The van der Waals surface area contributed by atoms with Crippen molar-refractivity contribution in [3.8, 4) is 5.75 Å². The Morgan fingerprint density at radius 2 is 1.68 bits per heavy atom. The van der Waals surface area contributed by atoms with Crippen LogP contribution in [0.4, 0.5) is 0 Å². The molecule has 2 atom stereocenters. The van der Waals surface area contributed by atoms with Crippen molar-refractivity contribution in [2.24, 2.45) is 11.3 Å². The maximum atomic E-state index is 13.5. The smallest absolute Gasteiger partial charge is 0.228 e. The molecule has 5 heteroatoms. The van der Waals surface area contributed by atoms with Crippen LogP contribution < -0.4 is 4.74 Å². The molecule has 0 aliphatic carbocycles. The average Bonchev–Trinajstić information content (AvgIpc) is 3.18. The Hall–Kier alpha value is -2.82. The zero-order valence-corrected chi connectivity index (χ0v) is 19.3. The van der Waals surface area contributed by atoms with Crippen LogP contribution in [-0.4, -0.2) is 48.9 Å².